The van der Waals surface area contributed by atoms with Crippen LogP contribution in [-0.4, -0.2) is 51.0 Å². The van der Waals surface area contributed by atoms with Crippen LogP contribution in [-0.2, 0) is 29.4 Å². The van der Waals surface area contributed by atoms with Crippen LogP contribution in [0.15, 0.2) is 31.2 Å². The number of aliphatic imine (C=N–C) groups is 1. The highest BCUT2D eigenvalue weighted by Crippen LogP contribution is 2.19. The minimum atomic E-state index is -3.44. The Hall–Kier alpha value is -1.18. The summed E-state index contributed by atoms with van der Waals surface area (Å²) in [7, 11) is -0.184. The Morgan fingerprint density at radius 2 is 2.07 bits per heavy atom. The maximum absolute atomic E-state index is 12.4. The number of likely N-dealkylation sites (N-methyl/N-ethyl adjacent to an activating group) is 1. The molecule has 2 aromatic heterocycles. The fourth-order valence-corrected chi connectivity index (χ4v) is 4.92. The lowest BCUT2D eigenvalue weighted by atomic mass is 10.1. The Morgan fingerprint density at radius 3 is 2.64 bits per heavy atom. The number of nitrogens with zero attached hydrogens (tertiary/aromatic N) is 3. The van der Waals surface area contributed by atoms with E-state index in [4.69, 9.17) is 4.52 Å². The maximum atomic E-state index is 12.4. The average molecular weight is 541 g/mol. The molecule has 0 amide bonds. The Morgan fingerprint density at radius 1 is 1.32 bits per heavy atom. The molecule has 0 saturated heterocycles. The van der Waals surface area contributed by atoms with Crippen LogP contribution in [0.25, 0.3) is 0 Å². The molecule has 158 valence electrons. The van der Waals surface area contributed by atoms with Crippen LogP contribution in [0.1, 0.15) is 30.9 Å². The van der Waals surface area contributed by atoms with E-state index in [1.54, 1.807) is 31.6 Å². The largest absolute Gasteiger partial charge is 0.361 e. The molecule has 0 aromatic carbocycles. The molecule has 0 unspecified atom stereocenters. The minimum Gasteiger partial charge on any atom is -0.361 e. The third-order valence-electron chi connectivity index (χ3n) is 4.14. The molecular weight excluding hydrogens is 513 g/mol. The topological polar surface area (TPSA) is 99.8 Å². The summed E-state index contributed by atoms with van der Waals surface area (Å²) in [4.78, 5) is 4.18. The third-order valence-corrected chi connectivity index (χ3v) is 7.37. The number of rotatable bonds is 9. The van der Waals surface area contributed by atoms with Crippen molar-refractivity contribution in [3.8, 4) is 0 Å². The molecule has 0 aliphatic carbocycles. The first-order valence-electron chi connectivity index (χ1n) is 8.84. The molecule has 0 fully saturated rings. The summed E-state index contributed by atoms with van der Waals surface area (Å²) < 4.78 is 31.9. The molecule has 2 N–H and O–H groups in total. The van der Waals surface area contributed by atoms with Crippen LogP contribution in [0, 0.1) is 0 Å². The molecule has 0 bridgehead atoms. The second-order valence-electron chi connectivity index (χ2n) is 5.85. The number of guanidine groups is 1. The lowest BCUT2D eigenvalue weighted by Crippen LogP contribution is -2.41. The number of aromatic nitrogens is 1. The summed E-state index contributed by atoms with van der Waals surface area (Å²) in [5.41, 5.74) is 2.00. The molecule has 2 heterocycles. The third kappa shape index (κ3) is 6.16. The highest BCUT2D eigenvalue weighted by atomic mass is 127. The smallest absolute Gasteiger partial charge is 0.252 e. The second-order valence-corrected chi connectivity index (χ2v) is 9.07. The van der Waals surface area contributed by atoms with Crippen LogP contribution < -0.4 is 10.6 Å². The van der Waals surface area contributed by atoms with Crippen molar-refractivity contribution in [1.29, 1.82) is 0 Å². The molecule has 11 heteroatoms. The first-order valence-corrected chi connectivity index (χ1v) is 11.2. The number of aryl methyl sites for hydroxylation is 2. The fourth-order valence-electron chi connectivity index (χ4n) is 2.55. The van der Waals surface area contributed by atoms with Crippen molar-refractivity contribution in [1.82, 2.24) is 20.1 Å². The van der Waals surface area contributed by atoms with E-state index in [1.165, 1.54) is 15.6 Å². The number of halogens is 1. The van der Waals surface area contributed by atoms with Gasteiger partial charge in [0.15, 0.2) is 5.96 Å². The Balaban J connectivity index is 0.00000392. The van der Waals surface area contributed by atoms with E-state index in [0.29, 0.717) is 29.8 Å². The molecular formula is C17H28IN5O3S2. The van der Waals surface area contributed by atoms with Gasteiger partial charge >= 0.3 is 0 Å². The van der Waals surface area contributed by atoms with E-state index in [9.17, 15) is 8.42 Å². The Kier molecular flexibility index (Phi) is 10.4. The van der Waals surface area contributed by atoms with Gasteiger partial charge in [0, 0.05) is 45.7 Å². The number of thiophene rings is 1. The van der Waals surface area contributed by atoms with Crippen molar-refractivity contribution in [3.05, 3.63) is 34.5 Å². The summed E-state index contributed by atoms with van der Waals surface area (Å²) in [6.45, 7) is 5.39. The molecule has 8 nitrogen and oxygen atoms in total. The normalized spacial score (nSPS) is 12.1. The van der Waals surface area contributed by atoms with Gasteiger partial charge in [0.2, 0.25) is 0 Å². The summed E-state index contributed by atoms with van der Waals surface area (Å²) in [5.74, 6) is 1.47. The van der Waals surface area contributed by atoms with Gasteiger partial charge in [-0.2, -0.15) is 4.31 Å². The first kappa shape index (κ1) is 24.9. The molecule has 0 atom stereocenters. The molecule has 0 spiro atoms. The van der Waals surface area contributed by atoms with E-state index < -0.39 is 10.0 Å². The summed E-state index contributed by atoms with van der Waals surface area (Å²) in [6.07, 6.45) is 1.58. The molecule has 0 aliphatic heterocycles. The number of hydrogen-bond donors (Lipinski definition) is 2. The van der Waals surface area contributed by atoms with Crippen LogP contribution in [0.5, 0.6) is 0 Å². The molecule has 2 aromatic rings. The Labute approximate surface area is 187 Å². The summed E-state index contributed by atoms with van der Waals surface area (Å²) in [6, 6.07) is 3.34. The van der Waals surface area contributed by atoms with Crippen molar-refractivity contribution in [2.45, 2.75) is 37.4 Å². The van der Waals surface area contributed by atoms with Crippen molar-refractivity contribution in [3.63, 3.8) is 0 Å². The van der Waals surface area contributed by atoms with Crippen molar-refractivity contribution in [2.24, 2.45) is 4.99 Å². The SMILES string of the molecule is CCc1noc(CC)c1CNC(=NC)NCCN(C)S(=O)(=O)c1cccs1.I. The predicted octanol–water partition coefficient (Wildman–Crippen LogP) is 2.46. The van der Waals surface area contributed by atoms with Gasteiger partial charge in [-0.25, -0.2) is 8.42 Å². The number of hydrogen-bond acceptors (Lipinski definition) is 6. The molecule has 0 saturated carbocycles. The van der Waals surface area contributed by atoms with Gasteiger partial charge in [0.1, 0.15) is 9.97 Å². The summed E-state index contributed by atoms with van der Waals surface area (Å²) in [5, 5.41) is 12.2. The molecule has 28 heavy (non-hydrogen) atoms. The van der Waals surface area contributed by atoms with E-state index in [2.05, 4.69) is 20.8 Å². The maximum Gasteiger partial charge on any atom is 0.252 e. The van der Waals surface area contributed by atoms with Crippen molar-refractivity contribution < 1.29 is 12.9 Å². The van der Waals surface area contributed by atoms with Crippen molar-refractivity contribution >= 4 is 51.3 Å². The second kappa shape index (κ2) is 11.7. The fraction of sp³-hybridized carbons (Fsp3) is 0.529. The predicted molar refractivity (Wildman–Crippen MR) is 123 cm³/mol. The van der Waals surface area contributed by atoms with Gasteiger partial charge < -0.3 is 15.2 Å². The van der Waals surface area contributed by atoms with Crippen LogP contribution in [0.4, 0.5) is 0 Å². The number of nitrogens with one attached hydrogen (secondary N) is 2. The highest BCUT2D eigenvalue weighted by molar-refractivity contribution is 14.0. The zero-order valence-electron chi connectivity index (χ0n) is 16.6. The minimum absolute atomic E-state index is 0. The zero-order chi connectivity index (χ0) is 19.9. The van der Waals surface area contributed by atoms with Crippen molar-refractivity contribution in [2.75, 3.05) is 27.2 Å². The van der Waals surface area contributed by atoms with Gasteiger partial charge in [-0.3, -0.25) is 4.99 Å². The zero-order valence-corrected chi connectivity index (χ0v) is 20.5. The van der Waals surface area contributed by atoms with E-state index in [0.717, 1.165) is 29.9 Å². The quantitative estimate of drug-likeness (QED) is 0.288. The van der Waals surface area contributed by atoms with Crippen LogP contribution in [0.3, 0.4) is 0 Å². The van der Waals surface area contributed by atoms with Crippen LogP contribution in [0.2, 0.25) is 0 Å². The van der Waals surface area contributed by atoms with Crippen LogP contribution >= 0.6 is 35.3 Å². The van der Waals surface area contributed by atoms with Gasteiger partial charge in [-0.05, 0) is 17.9 Å². The molecule has 0 aliphatic rings. The first-order chi connectivity index (χ1) is 12.9. The molecule has 2 rings (SSSR count). The lowest BCUT2D eigenvalue weighted by Gasteiger charge is -2.17. The monoisotopic (exact) mass is 541 g/mol. The van der Waals surface area contributed by atoms with E-state index in [-0.39, 0.29) is 24.0 Å². The Bertz CT molecular complexity index is 829. The van der Waals surface area contributed by atoms with E-state index >= 15 is 0 Å². The van der Waals surface area contributed by atoms with E-state index in [1.807, 2.05) is 13.8 Å². The van der Waals surface area contributed by atoms with Gasteiger partial charge in [0.05, 0.1) is 5.69 Å². The summed E-state index contributed by atoms with van der Waals surface area (Å²) >= 11 is 1.22. The van der Waals surface area contributed by atoms with Gasteiger partial charge in [-0.15, -0.1) is 35.3 Å². The molecule has 0 radical (unpaired) electrons. The standard InChI is InChI=1S/C17H27N5O3S2.HI/c1-5-14-13(15(6-2)25-21-14)12-20-17(18-3)19-9-10-22(4)27(23,24)16-8-7-11-26-16;/h7-8,11H,5-6,9-10,12H2,1-4H3,(H2,18,19,20);1H. The number of sulfonamides is 1. The lowest BCUT2D eigenvalue weighted by molar-refractivity contribution is 0.380. The van der Waals surface area contributed by atoms with Gasteiger partial charge in [-0.1, -0.05) is 25.1 Å². The average Bonchev–Trinajstić information content (AvgIpc) is 3.33. The van der Waals surface area contributed by atoms with Gasteiger partial charge in [0.25, 0.3) is 10.0 Å². The highest BCUT2D eigenvalue weighted by Gasteiger charge is 2.21.